The summed E-state index contributed by atoms with van der Waals surface area (Å²) >= 11 is 3.56. The quantitative estimate of drug-likeness (QED) is 0.810. The van der Waals surface area contributed by atoms with Gasteiger partial charge in [-0.1, -0.05) is 40.9 Å². The first-order valence-electron chi connectivity index (χ1n) is 8.50. The maximum absolute atomic E-state index is 5.73. The number of benzene rings is 1. The van der Waals surface area contributed by atoms with Gasteiger partial charge in [-0.3, -0.25) is 9.80 Å². The second kappa shape index (κ2) is 7.91. The zero-order valence-electron chi connectivity index (χ0n) is 13.5. The molecule has 1 heterocycles. The molecule has 0 bridgehead atoms. The molecule has 2 atom stereocenters. The molecule has 0 radical (unpaired) electrons. The summed E-state index contributed by atoms with van der Waals surface area (Å²) in [6.45, 7) is 5.75. The summed E-state index contributed by atoms with van der Waals surface area (Å²) in [6.07, 6.45) is 5.69. The molecule has 1 aliphatic carbocycles. The molecule has 0 aromatic heterocycles. The molecule has 22 heavy (non-hydrogen) atoms. The van der Waals surface area contributed by atoms with Crippen LogP contribution in [0.15, 0.2) is 28.7 Å². The Kier molecular flexibility index (Phi) is 5.91. The van der Waals surface area contributed by atoms with E-state index in [0.29, 0.717) is 12.1 Å². The zero-order chi connectivity index (χ0) is 15.4. The van der Waals surface area contributed by atoms with Crippen molar-refractivity contribution >= 4 is 15.9 Å². The van der Waals surface area contributed by atoms with E-state index in [1.165, 1.54) is 61.9 Å². The molecule has 122 valence electrons. The van der Waals surface area contributed by atoms with Crippen LogP contribution in [0.5, 0.6) is 0 Å². The number of methoxy groups -OCH3 is 1. The minimum Gasteiger partial charge on any atom is -0.380 e. The maximum atomic E-state index is 5.73. The Morgan fingerprint density at radius 3 is 2.64 bits per heavy atom. The number of halogens is 1. The van der Waals surface area contributed by atoms with Crippen LogP contribution in [0.2, 0.25) is 0 Å². The molecular formula is C18H27BrN2O. The molecule has 1 saturated heterocycles. The van der Waals surface area contributed by atoms with Gasteiger partial charge in [0.05, 0.1) is 6.10 Å². The monoisotopic (exact) mass is 366 g/mol. The zero-order valence-corrected chi connectivity index (χ0v) is 15.1. The molecule has 2 unspecified atom stereocenters. The van der Waals surface area contributed by atoms with E-state index in [-0.39, 0.29) is 0 Å². The Bertz CT molecular complexity index is 474. The average Bonchev–Trinajstić information content (AvgIpc) is 2.56. The van der Waals surface area contributed by atoms with Crippen molar-refractivity contribution in [3.63, 3.8) is 0 Å². The van der Waals surface area contributed by atoms with Crippen molar-refractivity contribution in [2.75, 3.05) is 33.3 Å². The molecule has 1 saturated carbocycles. The van der Waals surface area contributed by atoms with E-state index in [4.69, 9.17) is 4.74 Å². The largest absolute Gasteiger partial charge is 0.380 e. The Hall–Kier alpha value is -0.420. The van der Waals surface area contributed by atoms with Crippen LogP contribution >= 0.6 is 15.9 Å². The highest BCUT2D eigenvalue weighted by Gasteiger charge is 2.31. The smallest absolute Gasteiger partial charge is 0.0726 e. The normalized spacial score (nSPS) is 27.9. The van der Waals surface area contributed by atoms with Gasteiger partial charge in [0.15, 0.2) is 0 Å². The molecule has 0 amide bonds. The second-order valence-corrected chi connectivity index (χ2v) is 7.48. The molecule has 2 fully saturated rings. The van der Waals surface area contributed by atoms with Gasteiger partial charge in [0.25, 0.3) is 0 Å². The van der Waals surface area contributed by atoms with Crippen molar-refractivity contribution in [3.05, 3.63) is 34.3 Å². The van der Waals surface area contributed by atoms with Crippen molar-refractivity contribution in [1.29, 1.82) is 0 Å². The highest BCUT2D eigenvalue weighted by atomic mass is 79.9. The summed E-state index contributed by atoms with van der Waals surface area (Å²) in [6, 6.07) is 9.32. The Balaban J connectivity index is 1.51. The molecule has 4 heteroatoms. The molecule has 0 spiro atoms. The van der Waals surface area contributed by atoms with E-state index in [1.807, 2.05) is 7.11 Å². The van der Waals surface area contributed by atoms with Crippen LogP contribution < -0.4 is 0 Å². The number of ether oxygens (including phenoxy) is 1. The fourth-order valence-corrected chi connectivity index (χ4v) is 4.36. The number of hydrogen-bond donors (Lipinski definition) is 0. The van der Waals surface area contributed by atoms with Crippen LogP contribution in [-0.4, -0.2) is 55.2 Å². The summed E-state index contributed by atoms with van der Waals surface area (Å²) in [4.78, 5) is 5.24. The van der Waals surface area contributed by atoms with Crippen molar-refractivity contribution in [2.24, 2.45) is 0 Å². The van der Waals surface area contributed by atoms with Crippen LogP contribution in [0.4, 0.5) is 0 Å². The minimum absolute atomic E-state index is 0.449. The van der Waals surface area contributed by atoms with Crippen LogP contribution in [0, 0.1) is 0 Å². The number of rotatable bonds is 4. The first kappa shape index (κ1) is 16.4. The third-order valence-electron chi connectivity index (χ3n) is 5.14. The average molecular weight is 367 g/mol. The van der Waals surface area contributed by atoms with Gasteiger partial charge in [-0.05, 0) is 30.5 Å². The summed E-state index contributed by atoms with van der Waals surface area (Å²) in [5, 5.41) is 0. The first-order valence-corrected chi connectivity index (χ1v) is 9.29. The Morgan fingerprint density at radius 2 is 1.91 bits per heavy atom. The van der Waals surface area contributed by atoms with Crippen LogP contribution in [-0.2, 0) is 11.3 Å². The molecule has 0 N–H and O–H groups in total. The highest BCUT2D eigenvalue weighted by molar-refractivity contribution is 9.10. The maximum Gasteiger partial charge on any atom is 0.0726 e. The molecule has 3 rings (SSSR count). The van der Waals surface area contributed by atoms with Gasteiger partial charge in [-0.2, -0.15) is 0 Å². The van der Waals surface area contributed by atoms with E-state index < -0.39 is 0 Å². The van der Waals surface area contributed by atoms with Gasteiger partial charge in [0, 0.05) is 50.3 Å². The van der Waals surface area contributed by atoms with Gasteiger partial charge in [-0.25, -0.2) is 0 Å². The van der Waals surface area contributed by atoms with Gasteiger partial charge in [-0.15, -0.1) is 0 Å². The Labute approximate surface area is 142 Å². The Morgan fingerprint density at radius 1 is 1.14 bits per heavy atom. The summed E-state index contributed by atoms with van der Waals surface area (Å²) < 4.78 is 6.91. The third-order valence-corrected chi connectivity index (χ3v) is 5.63. The van der Waals surface area contributed by atoms with Crippen molar-refractivity contribution in [2.45, 2.75) is 44.4 Å². The highest BCUT2D eigenvalue weighted by Crippen LogP contribution is 2.26. The van der Waals surface area contributed by atoms with E-state index in [9.17, 15) is 0 Å². The van der Waals surface area contributed by atoms with Crippen molar-refractivity contribution in [1.82, 2.24) is 9.80 Å². The fraction of sp³-hybridized carbons (Fsp3) is 0.667. The summed E-state index contributed by atoms with van der Waals surface area (Å²) in [7, 11) is 1.88. The lowest BCUT2D eigenvalue weighted by atomic mass is 9.90. The summed E-state index contributed by atoms with van der Waals surface area (Å²) in [5.74, 6) is 0. The van der Waals surface area contributed by atoms with E-state index in [2.05, 4.69) is 50.0 Å². The van der Waals surface area contributed by atoms with E-state index >= 15 is 0 Å². The lowest BCUT2D eigenvalue weighted by molar-refractivity contribution is -0.0279. The third kappa shape index (κ3) is 4.10. The van der Waals surface area contributed by atoms with Crippen molar-refractivity contribution in [3.8, 4) is 0 Å². The SMILES string of the molecule is COC1CCCCC1N1CCN(Cc2cccc(Br)c2)CC1. The standard InChI is InChI=1S/C18H27BrN2O/c1-22-18-8-3-2-7-17(18)21-11-9-20(10-12-21)14-15-5-4-6-16(19)13-15/h4-6,13,17-18H,2-3,7-12,14H2,1H3. The van der Waals surface area contributed by atoms with Gasteiger partial charge in [0.2, 0.25) is 0 Å². The minimum atomic E-state index is 0.449. The summed E-state index contributed by atoms with van der Waals surface area (Å²) in [5.41, 5.74) is 1.40. The topological polar surface area (TPSA) is 15.7 Å². The fourth-order valence-electron chi connectivity index (χ4n) is 3.92. The van der Waals surface area contributed by atoms with Crippen LogP contribution in [0.1, 0.15) is 31.2 Å². The predicted molar refractivity (Wildman–Crippen MR) is 94.0 cm³/mol. The van der Waals surface area contributed by atoms with Crippen LogP contribution in [0.3, 0.4) is 0 Å². The van der Waals surface area contributed by atoms with Gasteiger partial charge >= 0.3 is 0 Å². The van der Waals surface area contributed by atoms with E-state index in [1.54, 1.807) is 0 Å². The number of piperazine rings is 1. The number of nitrogens with zero attached hydrogens (tertiary/aromatic N) is 2. The number of hydrogen-bond acceptors (Lipinski definition) is 3. The predicted octanol–water partition coefficient (Wildman–Crippen LogP) is 3.52. The lowest BCUT2D eigenvalue weighted by Crippen LogP contribution is -2.54. The lowest BCUT2D eigenvalue weighted by Gasteiger charge is -2.43. The molecule has 1 aliphatic heterocycles. The molecule has 1 aromatic carbocycles. The second-order valence-electron chi connectivity index (χ2n) is 6.57. The van der Waals surface area contributed by atoms with E-state index in [0.717, 1.165) is 6.54 Å². The molecular weight excluding hydrogens is 340 g/mol. The van der Waals surface area contributed by atoms with Crippen molar-refractivity contribution < 1.29 is 4.74 Å². The molecule has 1 aromatic rings. The van der Waals surface area contributed by atoms with Gasteiger partial charge < -0.3 is 4.74 Å². The molecule has 2 aliphatic rings. The van der Waals surface area contributed by atoms with Crippen LogP contribution in [0.25, 0.3) is 0 Å². The first-order chi connectivity index (χ1) is 10.8. The molecule has 3 nitrogen and oxygen atoms in total. The van der Waals surface area contributed by atoms with Gasteiger partial charge in [0.1, 0.15) is 0 Å².